The summed E-state index contributed by atoms with van der Waals surface area (Å²) in [7, 11) is 0. The molecule has 2 heterocycles. The van der Waals surface area contributed by atoms with Crippen LogP contribution >= 0.6 is 11.8 Å². The predicted molar refractivity (Wildman–Crippen MR) is 113 cm³/mol. The zero-order chi connectivity index (χ0) is 22.2. The Morgan fingerprint density at radius 1 is 1.23 bits per heavy atom. The number of fused-ring (bicyclic) bond motifs is 2. The van der Waals surface area contributed by atoms with Gasteiger partial charge in [0.2, 0.25) is 0 Å². The largest absolute Gasteiger partial charge is 0.422 e. The van der Waals surface area contributed by atoms with E-state index in [0.29, 0.717) is 24.2 Å². The second kappa shape index (κ2) is 8.20. The standard InChI is InChI=1S/C22H19F4N3OS/c1-13-27-11-16-18(7-6-17(23)20(16)29-13)28-12-21(30,22(24,25)26)10-14-8-9-31-19-5-3-2-4-15(14)19/h2-7,11-12,14,30H,8-10H2,1H3. The van der Waals surface area contributed by atoms with Crippen LogP contribution in [-0.4, -0.2) is 38.8 Å². The van der Waals surface area contributed by atoms with E-state index >= 15 is 0 Å². The summed E-state index contributed by atoms with van der Waals surface area (Å²) in [4.78, 5) is 12.8. The normalized spacial score (nSPS) is 18.8. The highest BCUT2D eigenvalue weighted by atomic mass is 32.2. The first-order valence-electron chi connectivity index (χ1n) is 9.66. The molecule has 0 saturated heterocycles. The third kappa shape index (κ3) is 4.29. The molecule has 4 rings (SSSR count). The fraction of sp³-hybridized carbons (Fsp3) is 0.318. The smallest absolute Gasteiger partial charge is 0.376 e. The van der Waals surface area contributed by atoms with Gasteiger partial charge >= 0.3 is 6.18 Å². The molecular weight excluding hydrogens is 430 g/mol. The average Bonchev–Trinajstić information content (AvgIpc) is 2.73. The number of benzene rings is 2. The Morgan fingerprint density at radius 3 is 2.77 bits per heavy atom. The van der Waals surface area contributed by atoms with E-state index < -0.39 is 29.9 Å². The highest BCUT2D eigenvalue weighted by molar-refractivity contribution is 7.99. The fourth-order valence-electron chi connectivity index (χ4n) is 3.69. The number of aliphatic imine (C=N–C) groups is 1. The molecule has 0 radical (unpaired) electrons. The van der Waals surface area contributed by atoms with Crippen LogP contribution in [0.4, 0.5) is 23.2 Å². The molecule has 0 fully saturated rings. The molecule has 0 amide bonds. The van der Waals surface area contributed by atoms with Crippen molar-refractivity contribution in [2.45, 2.75) is 42.4 Å². The molecule has 1 aliphatic heterocycles. The highest BCUT2D eigenvalue weighted by Gasteiger charge is 2.54. The van der Waals surface area contributed by atoms with E-state index in [1.54, 1.807) is 30.8 Å². The Balaban J connectivity index is 1.71. The molecule has 1 aliphatic rings. The van der Waals surface area contributed by atoms with Crippen LogP contribution in [-0.2, 0) is 0 Å². The summed E-state index contributed by atoms with van der Waals surface area (Å²) >= 11 is 1.59. The summed E-state index contributed by atoms with van der Waals surface area (Å²) in [6.07, 6.45) is -3.13. The third-order valence-corrected chi connectivity index (χ3v) is 6.47. The summed E-state index contributed by atoms with van der Waals surface area (Å²) in [6, 6.07) is 9.63. The van der Waals surface area contributed by atoms with Crippen molar-refractivity contribution >= 4 is 34.6 Å². The molecule has 2 aromatic carbocycles. The van der Waals surface area contributed by atoms with Gasteiger partial charge in [0.1, 0.15) is 17.2 Å². The van der Waals surface area contributed by atoms with Crippen molar-refractivity contribution in [3.8, 4) is 0 Å². The van der Waals surface area contributed by atoms with Crippen molar-refractivity contribution in [2.75, 3.05) is 5.75 Å². The van der Waals surface area contributed by atoms with E-state index in [9.17, 15) is 22.7 Å². The number of nitrogens with zero attached hydrogens (tertiary/aromatic N) is 3. The molecule has 1 N–H and O–H groups in total. The van der Waals surface area contributed by atoms with Gasteiger partial charge in [-0.2, -0.15) is 13.2 Å². The number of alkyl halides is 3. The van der Waals surface area contributed by atoms with Crippen molar-refractivity contribution in [1.29, 1.82) is 0 Å². The van der Waals surface area contributed by atoms with Crippen LogP contribution in [0.15, 0.2) is 52.5 Å². The minimum atomic E-state index is -4.93. The number of aryl methyl sites for hydroxylation is 1. The van der Waals surface area contributed by atoms with Gasteiger partial charge in [0.25, 0.3) is 0 Å². The molecule has 0 saturated carbocycles. The number of thioether (sulfide) groups is 1. The molecule has 1 aromatic heterocycles. The van der Waals surface area contributed by atoms with Gasteiger partial charge in [-0.15, -0.1) is 11.8 Å². The average molecular weight is 449 g/mol. The SMILES string of the molecule is Cc1ncc2c(N=CC(O)(CC3CCSc4ccccc43)C(F)(F)F)ccc(F)c2n1. The van der Waals surface area contributed by atoms with Gasteiger partial charge in [-0.25, -0.2) is 14.4 Å². The molecule has 162 valence electrons. The van der Waals surface area contributed by atoms with Gasteiger partial charge in [-0.05, 0) is 55.2 Å². The zero-order valence-corrected chi connectivity index (χ0v) is 17.3. The van der Waals surface area contributed by atoms with E-state index in [1.165, 1.54) is 12.3 Å². The Morgan fingerprint density at radius 2 is 2.00 bits per heavy atom. The third-order valence-electron chi connectivity index (χ3n) is 5.35. The summed E-state index contributed by atoms with van der Waals surface area (Å²) < 4.78 is 55.9. The lowest BCUT2D eigenvalue weighted by Gasteiger charge is -2.33. The first-order valence-corrected chi connectivity index (χ1v) is 10.6. The fourth-order valence-corrected chi connectivity index (χ4v) is 4.89. The number of halogens is 4. The van der Waals surface area contributed by atoms with Gasteiger partial charge in [0, 0.05) is 22.7 Å². The number of hydrogen-bond acceptors (Lipinski definition) is 5. The zero-order valence-electron chi connectivity index (χ0n) is 16.5. The number of hydrogen-bond donors (Lipinski definition) is 1. The number of aromatic nitrogens is 2. The van der Waals surface area contributed by atoms with E-state index in [-0.39, 0.29) is 16.6 Å². The molecule has 0 bridgehead atoms. The second-order valence-electron chi connectivity index (χ2n) is 7.50. The van der Waals surface area contributed by atoms with Crippen LogP contribution in [0.5, 0.6) is 0 Å². The predicted octanol–water partition coefficient (Wildman–Crippen LogP) is 5.74. The highest BCUT2D eigenvalue weighted by Crippen LogP contribution is 2.44. The molecule has 2 atom stereocenters. The van der Waals surface area contributed by atoms with Crippen LogP contribution < -0.4 is 0 Å². The Labute approximate surface area is 180 Å². The van der Waals surface area contributed by atoms with Crippen LogP contribution in [0.1, 0.15) is 30.1 Å². The number of rotatable bonds is 4. The lowest BCUT2D eigenvalue weighted by Crippen LogP contribution is -2.48. The van der Waals surface area contributed by atoms with Crippen LogP contribution in [0.25, 0.3) is 10.9 Å². The van der Waals surface area contributed by atoms with E-state index in [0.717, 1.165) is 16.5 Å². The van der Waals surface area contributed by atoms with Crippen molar-refractivity contribution in [3.05, 3.63) is 59.8 Å². The Kier molecular flexibility index (Phi) is 5.74. The van der Waals surface area contributed by atoms with Crippen molar-refractivity contribution in [2.24, 2.45) is 4.99 Å². The van der Waals surface area contributed by atoms with Gasteiger partial charge in [-0.1, -0.05) is 18.2 Å². The van der Waals surface area contributed by atoms with Gasteiger partial charge < -0.3 is 5.11 Å². The topological polar surface area (TPSA) is 58.4 Å². The minimum Gasteiger partial charge on any atom is -0.376 e. The maximum Gasteiger partial charge on any atom is 0.422 e. The maximum atomic E-state index is 14.1. The second-order valence-corrected chi connectivity index (χ2v) is 8.64. The molecule has 4 nitrogen and oxygen atoms in total. The van der Waals surface area contributed by atoms with E-state index in [2.05, 4.69) is 15.0 Å². The first kappa shape index (κ1) is 21.7. The Bertz CT molecular complexity index is 1150. The molecule has 31 heavy (non-hydrogen) atoms. The van der Waals surface area contributed by atoms with Crippen LogP contribution in [0, 0.1) is 12.7 Å². The first-order chi connectivity index (χ1) is 14.7. The lowest BCUT2D eigenvalue weighted by molar-refractivity contribution is -0.232. The van der Waals surface area contributed by atoms with Crippen molar-refractivity contribution in [3.63, 3.8) is 0 Å². The van der Waals surface area contributed by atoms with Gasteiger partial charge in [0.15, 0.2) is 5.60 Å². The van der Waals surface area contributed by atoms with Gasteiger partial charge in [-0.3, -0.25) is 4.99 Å². The Hall–Kier alpha value is -2.52. The minimum absolute atomic E-state index is 0.0315. The molecular formula is C22H19F4N3OS. The maximum absolute atomic E-state index is 14.1. The van der Waals surface area contributed by atoms with Crippen LogP contribution in [0.3, 0.4) is 0 Å². The lowest BCUT2D eigenvalue weighted by atomic mass is 9.84. The van der Waals surface area contributed by atoms with Crippen LogP contribution in [0.2, 0.25) is 0 Å². The summed E-state index contributed by atoms with van der Waals surface area (Å²) in [5.74, 6) is -0.0899. The van der Waals surface area contributed by atoms with E-state index in [4.69, 9.17) is 0 Å². The summed E-state index contributed by atoms with van der Waals surface area (Å²) in [6.45, 7) is 1.58. The van der Waals surface area contributed by atoms with E-state index in [1.807, 2.05) is 12.1 Å². The molecule has 0 aliphatic carbocycles. The molecule has 9 heteroatoms. The summed E-state index contributed by atoms with van der Waals surface area (Å²) in [5, 5.41) is 10.8. The summed E-state index contributed by atoms with van der Waals surface area (Å²) in [5.41, 5.74) is -2.32. The molecule has 3 aromatic rings. The van der Waals surface area contributed by atoms with Crippen molar-refractivity contribution in [1.82, 2.24) is 9.97 Å². The van der Waals surface area contributed by atoms with Gasteiger partial charge in [0.05, 0.1) is 5.69 Å². The monoisotopic (exact) mass is 449 g/mol. The molecule has 2 unspecified atom stereocenters. The quantitative estimate of drug-likeness (QED) is 0.408. The number of aliphatic hydroxyl groups is 1. The molecule has 0 spiro atoms. The van der Waals surface area contributed by atoms with Crippen molar-refractivity contribution < 1.29 is 22.7 Å².